The van der Waals surface area contributed by atoms with Crippen LogP contribution in [0.1, 0.15) is 26.3 Å². The highest BCUT2D eigenvalue weighted by molar-refractivity contribution is 6.11. The number of hydrogen-bond acceptors (Lipinski definition) is 5. The summed E-state index contributed by atoms with van der Waals surface area (Å²) >= 11 is 0. The number of carbonyl (C=O) groups is 2. The van der Waals surface area contributed by atoms with Crippen molar-refractivity contribution in [1.29, 1.82) is 0 Å². The van der Waals surface area contributed by atoms with Gasteiger partial charge in [-0.2, -0.15) is 0 Å². The standard InChI is InChI=1S/C27H27N3O4/c31-26(20-6-8-21(9-7-20)34-17-14-30-12-15-33-16-13-30)29-24-11-10-22(19-4-2-1-3-5-19)23-18-28-27(32)25(23)24/h1-11H,12-18H2,(H,28,32)(H,29,31). The molecule has 0 spiro atoms. The molecule has 3 aromatic carbocycles. The van der Waals surface area contributed by atoms with E-state index >= 15 is 0 Å². The number of hydrogen-bond donors (Lipinski definition) is 2. The summed E-state index contributed by atoms with van der Waals surface area (Å²) in [6.07, 6.45) is 0. The van der Waals surface area contributed by atoms with Crippen LogP contribution >= 0.6 is 0 Å². The Hall–Kier alpha value is -3.68. The topological polar surface area (TPSA) is 79.9 Å². The van der Waals surface area contributed by atoms with Gasteiger partial charge in [0.05, 0.1) is 24.5 Å². The number of rotatable bonds is 7. The van der Waals surface area contributed by atoms with Crippen LogP contribution in [0.15, 0.2) is 66.7 Å². The number of fused-ring (bicyclic) bond motifs is 1. The third kappa shape index (κ3) is 4.81. The van der Waals surface area contributed by atoms with Gasteiger partial charge in [0.15, 0.2) is 0 Å². The lowest BCUT2D eigenvalue weighted by molar-refractivity contribution is 0.0322. The van der Waals surface area contributed by atoms with Crippen LogP contribution in [-0.4, -0.2) is 56.2 Å². The fraction of sp³-hybridized carbons (Fsp3) is 0.259. The smallest absolute Gasteiger partial charge is 0.255 e. The van der Waals surface area contributed by atoms with Crippen LogP contribution in [0.4, 0.5) is 5.69 Å². The molecule has 0 atom stereocenters. The maximum absolute atomic E-state index is 12.9. The maximum atomic E-state index is 12.9. The first-order valence-electron chi connectivity index (χ1n) is 11.5. The first-order valence-corrected chi connectivity index (χ1v) is 11.5. The molecular weight excluding hydrogens is 430 g/mol. The lowest BCUT2D eigenvalue weighted by Crippen LogP contribution is -2.38. The second-order valence-electron chi connectivity index (χ2n) is 8.34. The highest BCUT2D eigenvalue weighted by Gasteiger charge is 2.26. The summed E-state index contributed by atoms with van der Waals surface area (Å²) < 4.78 is 11.2. The Morgan fingerprint density at radius 2 is 1.76 bits per heavy atom. The molecule has 2 amide bonds. The quantitative estimate of drug-likeness (QED) is 0.567. The maximum Gasteiger partial charge on any atom is 0.255 e. The molecule has 2 aliphatic heterocycles. The number of amides is 2. The minimum absolute atomic E-state index is 0.174. The van der Waals surface area contributed by atoms with E-state index in [4.69, 9.17) is 9.47 Å². The summed E-state index contributed by atoms with van der Waals surface area (Å²) in [5.74, 6) is 0.276. The summed E-state index contributed by atoms with van der Waals surface area (Å²) in [5.41, 5.74) is 4.47. The highest BCUT2D eigenvalue weighted by Crippen LogP contribution is 2.34. The lowest BCUT2D eigenvalue weighted by atomic mass is 9.95. The molecular formula is C27H27N3O4. The van der Waals surface area contributed by atoms with Gasteiger partial charge in [-0.3, -0.25) is 14.5 Å². The van der Waals surface area contributed by atoms with Crippen molar-refractivity contribution in [1.82, 2.24) is 10.2 Å². The van der Waals surface area contributed by atoms with E-state index in [1.165, 1.54) is 0 Å². The van der Waals surface area contributed by atoms with Crippen LogP contribution in [0.2, 0.25) is 0 Å². The summed E-state index contributed by atoms with van der Waals surface area (Å²) in [4.78, 5) is 27.8. The van der Waals surface area contributed by atoms with Crippen LogP contribution in [0.25, 0.3) is 11.1 Å². The zero-order chi connectivity index (χ0) is 23.3. The minimum Gasteiger partial charge on any atom is -0.492 e. The van der Waals surface area contributed by atoms with E-state index in [9.17, 15) is 9.59 Å². The summed E-state index contributed by atoms with van der Waals surface area (Å²) in [5, 5.41) is 5.80. The van der Waals surface area contributed by atoms with Gasteiger partial charge in [-0.15, -0.1) is 0 Å². The SMILES string of the molecule is O=C(Nc1ccc(-c2ccccc2)c2c1C(=O)NC2)c1ccc(OCCN2CCOCC2)cc1. The monoisotopic (exact) mass is 457 g/mol. The molecule has 0 radical (unpaired) electrons. The van der Waals surface area contributed by atoms with Crippen molar-refractivity contribution in [2.24, 2.45) is 0 Å². The van der Waals surface area contributed by atoms with Crippen molar-refractivity contribution in [2.75, 3.05) is 44.8 Å². The molecule has 7 heteroatoms. The molecule has 2 heterocycles. The van der Waals surface area contributed by atoms with E-state index in [1.54, 1.807) is 30.3 Å². The predicted octanol–water partition coefficient (Wildman–Crippen LogP) is 3.56. The second kappa shape index (κ2) is 10.1. The van der Waals surface area contributed by atoms with E-state index in [-0.39, 0.29) is 11.8 Å². The van der Waals surface area contributed by atoms with Crippen molar-refractivity contribution >= 4 is 17.5 Å². The largest absolute Gasteiger partial charge is 0.492 e. The van der Waals surface area contributed by atoms with E-state index in [2.05, 4.69) is 15.5 Å². The van der Waals surface area contributed by atoms with Crippen LogP contribution in [0, 0.1) is 0 Å². The van der Waals surface area contributed by atoms with Crippen LogP contribution in [-0.2, 0) is 11.3 Å². The number of morpholine rings is 1. The zero-order valence-electron chi connectivity index (χ0n) is 18.9. The van der Waals surface area contributed by atoms with Crippen LogP contribution in [0.3, 0.4) is 0 Å². The Labute approximate surface area is 198 Å². The Morgan fingerprint density at radius 3 is 2.53 bits per heavy atom. The normalized spacial score (nSPS) is 15.5. The molecule has 1 saturated heterocycles. The molecule has 7 nitrogen and oxygen atoms in total. The Bertz CT molecular complexity index is 1170. The molecule has 0 aromatic heterocycles. The van der Waals surface area contributed by atoms with Gasteiger partial charge in [0.1, 0.15) is 12.4 Å². The van der Waals surface area contributed by atoms with Gasteiger partial charge < -0.3 is 20.1 Å². The molecule has 2 aliphatic rings. The van der Waals surface area contributed by atoms with Gasteiger partial charge in [-0.25, -0.2) is 0 Å². The molecule has 3 aromatic rings. The van der Waals surface area contributed by atoms with Crippen molar-refractivity contribution in [2.45, 2.75) is 6.54 Å². The molecule has 34 heavy (non-hydrogen) atoms. The number of carbonyl (C=O) groups excluding carboxylic acids is 2. The number of ether oxygens (including phenoxy) is 2. The van der Waals surface area contributed by atoms with E-state index < -0.39 is 0 Å². The molecule has 5 rings (SSSR count). The average Bonchev–Trinajstić information content (AvgIpc) is 3.28. The van der Waals surface area contributed by atoms with Crippen molar-refractivity contribution < 1.29 is 19.1 Å². The Balaban J connectivity index is 1.25. The van der Waals surface area contributed by atoms with Crippen molar-refractivity contribution in [3.8, 4) is 16.9 Å². The van der Waals surface area contributed by atoms with Gasteiger partial charge in [0, 0.05) is 31.7 Å². The molecule has 0 aliphatic carbocycles. The first-order chi connectivity index (χ1) is 16.7. The fourth-order valence-corrected chi connectivity index (χ4v) is 4.35. The minimum atomic E-state index is -0.269. The molecule has 174 valence electrons. The molecule has 0 bridgehead atoms. The third-order valence-corrected chi connectivity index (χ3v) is 6.20. The van der Waals surface area contributed by atoms with Gasteiger partial charge in [-0.1, -0.05) is 36.4 Å². The van der Waals surface area contributed by atoms with Gasteiger partial charge >= 0.3 is 0 Å². The summed E-state index contributed by atoms with van der Waals surface area (Å²) in [6, 6.07) is 20.7. The molecule has 0 unspecified atom stereocenters. The third-order valence-electron chi connectivity index (χ3n) is 6.20. The van der Waals surface area contributed by atoms with Gasteiger partial charge in [-0.05, 0) is 47.0 Å². The molecule has 1 fully saturated rings. The van der Waals surface area contributed by atoms with Crippen LogP contribution in [0.5, 0.6) is 5.75 Å². The van der Waals surface area contributed by atoms with Crippen molar-refractivity contribution in [3.05, 3.63) is 83.4 Å². The van der Waals surface area contributed by atoms with E-state index in [0.29, 0.717) is 30.0 Å². The number of nitrogens with zero attached hydrogens (tertiary/aromatic N) is 1. The molecule has 0 saturated carbocycles. The van der Waals surface area contributed by atoms with Gasteiger partial charge in [0.2, 0.25) is 0 Å². The number of benzene rings is 3. The average molecular weight is 458 g/mol. The Kier molecular flexibility index (Phi) is 6.56. The molecule has 2 N–H and O–H groups in total. The lowest BCUT2D eigenvalue weighted by Gasteiger charge is -2.26. The van der Waals surface area contributed by atoms with Crippen LogP contribution < -0.4 is 15.4 Å². The number of anilines is 1. The van der Waals surface area contributed by atoms with E-state index in [1.807, 2.05) is 36.4 Å². The zero-order valence-corrected chi connectivity index (χ0v) is 18.9. The summed E-state index contributed by atoms with van der Waals surface area (Å²) in [7, 11) is 0. The second-order valence-corrected chi connectivity index (χ2v) is 8.34. The van der Waals surface area contributed by atoms with Gasteiger partial charge in [0.25, 0.3) is 11.8 Å². The van der Waals surface area contributed by atoms with Crippen molar-refractivity contribution in [3.63, 3.8) is 0 Å². The number of nitrogens with one attached hydrogen (secondary N) is 2. The highest BCUT2D eigenvalue weighted by atomic mass is 16.5. The van der Waals surface area contributed by atoms with E-state index in [0.717, 1.165) is 55.3 Å². The first kappa shape index (κ1) is 22.1. The predicted molar refractivity (Wildman–Crippen MR) is 130 cm³/mol. The summed E-state index contributed by atoms with van der Waals surface area (Å²) in [6.45, 7) is 5.26. The fourth-order valence-electron chi connectivity index (χ4n) is 4.35. The Morgan fingerprint density at radius 1 is 1.00 bits per heavy atom.